The summed E-state index contributed by atoms with van der Waals surface area (Å²) in [7, 11) is 0. The van der Waals surface area contributed by atoms with E-state index in [4.69, 9.17) is 14.7 Å². The maximum atomic E-state index is 11.4. The van der Waals surface area contributed by atoms with Crippen LogP contribution in [0.2, 0.25) is 0 Å². The maximum absolute atomic E-state index is 11.4. The Morgan fingerprint density at radius 3 is 2.72 bits per heavy atom. The fraction of sp³-hybridized carbons (Fsp3) is 0.385. The zero-order valence-electron chi connectivity index (χ0n) is 10.3. The van der Waals surface area contributed by atoms with Crippen LogP contribution in [0.25, 0.3) is 0 Å². The quantitative estimate of drug-likeness (QED) is 0.733. The maximum Gasteiger partial charge on any atom is 0.258 e. The first-order valence-corrected chi connectivity index (χ1v) is 5.73. The van der Waals surface area contributed by atoms with E-state index in [0.717, 1.165) is 0 Å². The number of rotatable bonds is 7. The molecule has 1 aromatic rings. The van der Waals surface area contributed by atoms with E-state index < -0.39 is 0 Å². The monoisotopic (exact) mass is 248 g/mol. The lowest BCUT2D eigenvalue weighted by Crippen LogP contribution is -2.31. The van der Waals surface area contributed by atoms with E-state index in [1.165, 1.54) is 0 Å². The van der Waals surface area contributed by atoms with Gasteiger partial charge in [0.15, 0.2) is 6.61 Å². The standard InChI is InChI=1S/C13H16N2O3/c1-2-17-8-7-15-13(16)10-18-12-5-3-11(9-14)4-6-12/h3-6H,2,7-8,10H2,1H3,(H,15,16). The van der Waals surface area contributed by atoms with Crippen LogP contribution in [0.3, 0.4) is 0 Å². The summed E-state index contributed by atoms with van der Waals surface area (Å²) in [6.07, 6.45) is 0. The molecule has 0 spiro atoms. The minimum Gasteiger partial charge on any atom is -0.484 e. The Balaban J connectivity index is 2.23. The molecule has 0 aliphatic carbocycles. The highest BCUT2D eigenvalue weighted by molar-refractivity contribution is 5.77. The first-order valence-electron chi connectivity index (χ1n) is 5.73. The van der Waals surface area contributed by atoms with Crippen LogP contribution in [-0.2, 0) is 9.53 Å². The Kier molecular flexibility index (Phi) is 6.30. The third-order valence-electron chi connectivity index (χ3n) is 2.13. The van der Waals surface area contributed by atoms with Crippen LogP contribution in [0.4, 0.5) is 0 Å². The zero-order chi connectivity index (χ0) is 13.2. The summed E-state index contributed by atoms with van der Waals surface area (Å²) in [5.74, 6) is 0.369. The van der Waals surface area contributed by atoms with E-state index >= 15 is 0 Å². The fourth-order valence-corrected chi connectivity index (χ4v) is 1.23. The number of hydrogen-bond acceptors (Lipinski definition) is 4. The van der Waals surface area contributed by atoms with Gasteiger partial charge in [-0.15, -0.1) is 0 Å². The molecule has 0 aliphatic heterocycles. The number of amides is 1. The van der Waals surface area contributed by atoms with Crippen molar-refractivity contribution in [3.05, 3.63) is 29.8 Å². The highest BCUT2D eigenvalue weighted by Crippen LogP contribution is 2.10. The topological polar surface area (TPSA) is 71.3 Å². The summed E-state index contributed by atoms with van der Waals surface area (Å²) >= 11 is 0. The summed E-state index contributed by atoms with van der Waals surface area (Å²) in [5, 5.41) is 11.3. The largest absolute Gasteiger partial charge is 0.484 e. The average Bonchev–Trinajstić information content (AvgIpc) is 2.42. The van der Waals surface area contributed by atoms with Crippen LogP contribution in [0.5, 0.6) is 5.75 Å². The molecule has 5 heteroatoms. The van der Waals surface area contributed by atoms with Gasteiger partial charge in [-0.2, -0.15) is 5.26 Å². The molecular weight excluding hydrogens is 232 g/mol. The molecule has 0 bridgehead atoms. The lowest BCUT2D eigenvalue weighted by molar-refractivity contribution is -0.123. The number of ether oxygens (including phenoxy) is 2. The van der Waals surface area contributed by atoms with E-state index in [-0.39, 0.29) is 12.5 Å². The van der Waals surface area contributed by atoms with Gasteiger partial charge in [-0.3, -0.25) is 4.79 Å². The lowest BCUT2D eigenvalue weighted by atomic mass is 10.2. The van der Waals surface area contributed by atoms with E-state index in [1.807, 2.05) is 13.0 Å². The molecule has 0 saturated carbocycles. The second-order valence-electron chi connectivity index (χ2n) is 3.47. The Hall–Kier alpha value is -2.06. The van der Waals surface area contributed by atoms with Crippen LogP contribution < -0.4 is 10.1 Å². The number of hydrogen-bond donors (Lipinski definition) is 1. The van der Waals surface area contributed by atoms with E-state index in [2.05, 4.69) is 5.32 Å². The van der Waals surface area contributed by atoms with Gasteiger partial charge in [0.25, 0.3) is 5.91 Å². The van der Waals surface area contributed by atoms with Crippen molar-refractivity contribution < 1.29 is 14.3 Å². The van der Waals surface area contributed by atoms with Crippen molar-refractivity contribution in [2.45, 2.75) is 6.92 Å². The van der Waals surface area contributed by atoms with Crippen LogP contribution in [0.1, 0.15) is 12.5 Å². The lowest BCUT2D eigenvalue weighted by Gasteiger charge is -2.07. The van der Waals surface area contributed by atoms with E-state index in [9.17, 15) is 4.79 Å². The van der Waals surface area contributed by atoms with Gasteiger partial charge in [0, 0.05) is 13.2 Å². The van der Waals surface area contributed by atoms with Gasteiger partial charge in [-0.1, -0.05) is 0 Å². The molecule has 5 nitrogen and oxygen atoms in total. The summed E-state index contributed by atoms with van der Waals surface area (Å²) in [4.78, 5) is 11.4. The van der Waals surface area contributed by atoms with Gasteiger partial charge >= 0.3 is 0 Å². The fourth-order valence-electron chi connectivity index (χ4n) is 1.23. The third-order valence-corrected chi connectivity index (χ3v) is 2.13. The van der Waals surface area contributed by atoms with E-state index in [0.29, 0.717) is 31.1 Å². The number of benzene rings is 1. The first-order chi connectivity index (χ1) is 8.76. The van der Waals surface area contributed by atoms with Crippen LogP contribution in [-0.4, -0.2) is 32.3 Å². The molecule has 0 unspecified atom stereocenters. The van der Waals surface area contributed by atoms with Crippen molar-refractivity contribution in [3.8, 4) is 11.8 Å². The summed E-state index contributed by atoms with van der Waals surface area (Å²) in [6.45, 7) is 3.47. The highest BCUT2D eigenvalue weighted by Gasteiger charge is 2.02. The Morgan fingerprint density at radius 1 is 1.39 bits per heavy atom. The number of carbonyl (C=O) groups excluding carboxylic acids is 1. The molecule has 0 radical (unpaired) electrons. The molecule has 1 aromatic carbocycles. The third kappa shape index (κ3) is 5.32. The van der Waals surface area contributed by atoms with Gasteiger partial charge in [-0.25, -0.2) is 0 Å². The van der Waals surface area contributed by atoms with Crippen LogP contribution >= 0.6 is 0 Å². The summed E-state index contributed by atoms with van der Waals surface area (Å²) < 4.78 is 10.3. The average molecular weight is 248 g/mol. The number of nitrogens with one attached hydrogen (secondary N) is 1. The smallest absolute Gasteiger partial charge is 0.258 e. The Bertz CT molecular complexity index is 409. The van der Waals surface area contributed by atoms with Crippen LogP contribution in [0.15, 0.2) is 24.3 Å². The molecule has 0 atom stereocenters. The number of nitrogens with zero attached hydrogens (tertiary/aromatic N) is 1. The molecular formula is C13H16N2O3. The number of carbonyl (C=O) groups is 1. The predicted octanol–water partition coefficient (Wildman–Crippen LogP) is 1.09. The summed E-state index contributed by atoms with van der Waals surface area (Å²) in [6, 6.07) is 8.61. The molecule has 0 fully saturated rings. The van der Waals surface area contributed by atoms with Gasteiger partial charge in [0.2, 0.25) is 0 Å². The molecule has 18 heavy (non-hydrogen) atoms. The van der Waals surface area contributed by atoms with Gasteiger partial charge in [-0.05, 0) is 31.2 Å². The second kappa shape index (κ2) is 8.09. The highest BCUT2D eigenvalue weighted by atomic mass is 16.5. The molecule has 96 valence electrons. The first kappa shape index (κ1) is 14.0. The Labute approximate surface area is 106 Å². The van der Waals surface area contributed by atoms with Gasteiger partial charge in [0.1, 0.15) is 5.75 Å². The Morgan fingerprint density at radius 2 is 2.11 bits per heavy atom. The molecule has 1 N–H and O–H groups in total. The van der Waals surface area contributed by atoms with Crippen molar-refractivity contribution >= 4 is 5.91 Å². The van der Waals surface area contributed by atoms with Crippen molar-refractivity contribution in [3.63, 3.8) is 0 Å². The molecule has 1 rings (SSSR count). The summed E-state index contributed by atoms with van der Waals surface area (Å²) in [5.41, 5.74) is 0.559. The minimum absolute atomic E-state index is 0.0436. The second-order valence-corrected chi connectivity index (χ2v) is 3.47. The SMILES string of the molecule is CCOCCNC(=O)COc1ccc(C#N)cc1. The van der Waals surface area contributed by atoms with Crippen LogP contribution in [0, 0.1) is 11.3 Å². The predicted molar refractivity (Wildman–Crippen MR) is 66.2 cm³/mol. The van der Waals surface area contributed by atoms with Crippen molar-refractivity contribution in [2.75, 3.05) is 26.4 Å². The van der Waals surface area contributed by atoms with Gasteiger partial charge in [0.05, 0.1) is 18.2 Å². The van der Waals surface area contributed by atoms with Gasteiger partial charge < -0.3 is 14.8 Å². The van der Waals surface area contributed by atoms with E-state index in [1.54, 1.807) is 24.3 Å². The minimum atomic E-state index is -0.195. The zero-order valence-corrected chi connectivity index (χ0v) is 10.3. The molecule has 0 aromatic heterocycles. The molecule has 0 heterocycles. The molecule has 1 amide bonds. The molecule has 0 aliphatic rings. The molecule has 0 saturated heterocycles. The van der Waals surface area contributed by atoms with Crippen molar-refractivity contribution in [1.82, 2.24) is 5.32 Å². The van der Waals surface area contributed by atoms with Crippen molar-refractivity contribution in [1.29, 1.82) is 5.26 Å². The normalized spacial score (nSPS) is 9.56. The number of nitriles is 1. The van der Waals surface area contributed by atoms with Crippen molar-refractivity contribution in [2.24, 2.45) is 0 Å².